The molecule has 31 heavy (non-hydrogen) atoms. The van der Waals surface area contributed by atoms with Crippen LogP contribution in [0.1, 0.15) is 46.1 Å². The van der Waals surface area contributed by atoms with Crippen LogP contribution in [0, 0.1) is 23.7 Å². The molecule has 1 aromatic carbocycles. The quantitative estimate of drug-likeness (QED) is 0.303. The molecule has 0 fully saturated rings. The minimum absolute atomic E-state index is 0.0720. The van der Waals surface area contributed by atoms with Crippen molar-refractivity contribution in [1.82, 2.24) is 0 Å². The fraction of sp³-hybridized carbons (Fsp3) is 0.292. The van der Waals surface area contributed by atoms with E-state index in [1.807, 2.05) is 6.07 Å². The summed E-state index contributed by atoms with van der Waals surface area (Å²) < 4.78 is 10.7. The highest BCUT2D eigenvalue weighted by molar-refractivity contribution is 7.17. The Balaban J connectivity index is 1.91. The molecule has 0 unspecified atom stereocenters. The summed E-state index contributed by atoms with van der Waals surface area (Å²) in [5.74, 6) is 1.81. The first-order chi connectivity index (χ1) is 15.1. The fourth-order valence-electron chi connectivity index (χ4n) is 3.40. The summed E-state index contributed by atoms with van der Waals surface area (Å²) in [6.45, 7) is 2.06. The summed E-state index contributed by atoms with van der Waals surface area (Å²) in [4.78, 5) is 26.6. The van der Waals surface area contributed by atoms with E-state index >= 15 is 0 Å². The molecule has 0 aliphatic heterocycles. The Kier molecular flexibility index (Phi) is 7.48. The predicted molar refractivity (Wildman–Crippen MR) is 120 cm³/mol. The standard InChI is InChI=1S/C24H22N2O4S/c1-3-13-30-19-11-7-5-9-16(19)14-17(15-25)22(27)26-23-21(24(28)29-4-2)18-10-6-8-12-20(18)31-23/h1,5,7,9,11,14H,4,6,8,10,12-13H2,2H3,(H,26,27)/b17-14+. The number of benzene rings is 1. The van der Waals surface area contributed by atoms with Gasteiger partial charge in [-0.25, -0.2) is 4.79 Å². The molecule has 0 radical (unpaired) electrons. The van der Waals surface area contributed by atoms with Crippen LogP contribution in [0.3, 0.4) is 0 Å². The summed E-state index contributed by atoms with van der Waals surface area (Å²) in [7, 11) is 0. The van der Waals surface area contributed by atoms with Crippen molar-refractivity contribution in [2.75, 3.05) is 18.5 Å². The van der Waals surface area contributed by atoms with Crippen LogP contribution in [0.5, 0.6) is 5.75 Å². The number of rotatable bonds is 7. The number of carbonyl (C=O) groups excluding carboxylic acids is 2. The van der Waals surface area contributed by atoms with Crippen molar-refractivity contribution in [1.29, 1.82) is 5.26 Å². The van der Waals surface area contributed by atoms with Crippen molar-refractivity contribution in [3.05, 3.63) is 51.4 Å². The minimum Gasteiger partial charge on any atom is -0.480 e. The van der Waals surface area contributed by atoms with E-state index in [0.717, 1.165) is 36.1 Å². The lowest BCUT2D eigenvalue weighted by molar-refractivity contribution is -0.112. The summed E-state index contributed by atoms with van der Waals surface area (Å²) in [6, 6.07) is 8.91. The average Bonchev–Trinajstić information content (AvgIpc) is 3.14. The van der Waals surface area contributed by atoms with Gasteiger partial charge in [0.15, 0.2) is 0 Å². The molecule has 0 spiro atoms. The number of nitriles is 1. The van der Waals surface area contributed by atoms with E-state index in [4.69, 9.17) is 15.9 Å². The Morgan fingerprint density at radius 3 is 2.81 bits per heavy atom. The molecule has 1 aliphatic carbocycles. The van der Waals surface area contributed by atoms with Crippen LogP contribution < -0.4 is 10.1 Å². The third-order valence-electron chi connectivity index (χ3n) is 4.77. The monoisotopic (exact) mass is 434 g/mol. The van der Waals surface area contributed by atoms with Gasteiger partial charge in [0.1, 0.15) is 29.0 Å². The highest BCUT2D eigenvalue weighted by atomic mass is 32.1. The molecule has 6 nitrogen and oxygen atoms in total. The second kappa shape index (κ2) is 10.5. The Bertz CT molecular complexity index is 1100. The van der Waals surface area contributed by atoms with E-state index in [2.05, 4.69) is 11.2 Å². The van der Waals surface area contributed by atoms with Crippen LogP contribution in [0.2, 0.25) is 0 Å². The number of nitrogens with zero attached hydrogens (tertiary/aromatic N) is 1. The van der Waals surface area contributed by atoms with Crippen molar-refractivity contribution < 1.29 is 19.1 Å². The molecule has 1 N–H and O–H groups in total. The Morgan fingerprint density at radius 1 is 1.29 bits per heavy atom. The van der Waals surface area contributed by atoms with Gasteiger partial charge in [-0.3, -0.25) is 4.79 Å². The van der Waals surface area contributed by atoms with E-state index in [0.29, 0.717) is 21.9 Å². The zero-order chi connectivity index (χ0) is 22.2. The summed E-state index contributed by atoms with van der Waals surface area (Å²) >= 11 is 1.38. The number of terminal acetylenes is 1. The van der Waals surface area contributed by atoms with Crippen LogP contribution in [0.25, 0.3) is 6.08 Å². The predicted octanol–water partition coefficient (Wildman–Crippen LogP) is 4.36. The highest BCUT2D eigenvalue weighted by Crippen LogP contribution is 2.38. The summed E-state index contributed by atoms with van der Waals surface area (Å²) in [5.41, 5.74) is 1.80. The van der Waals surface area contributed by atoms with Crippen LogP contribution in [0.4, 0.5) is 5.00 Å². The molecule has 0 saturated carbocycles. The van der Waals surface area contributed by atoms with E-state index in [9.17, 15) is 14.9 Å². The fourth-order valence-corrected chi connectivity index (χ4v) is 4.67. The van der Waals surface area contributed by atoms with Crippen molar-refractivity contribution in [2.24, 2.45) is 0 Å². The maximum absolute atomic E-state index is 12.9. The lowest BCUT2D eigenvalue weighted by Crippen LogP contribution is -2.16. The van der Waals surface area contributed by atoms with Crippen molar-refractivity contribution >= 4 is 34.3 Å². The van der Waals surface area contributed by atoms with E-state index in [1.54, 1.807) is 31.2 Å². The number of amides is 1. The van der Waals surface area contributed by atoms with Crippen molar-refractivity contribution in [3.8, 4) is 24.2 Å². The van der Waals surface area contributed by atoms with Gasteiger partial charge in [-0.2, -0.15) is 5.26 Å². The number of anilines is 1. The number of para-hydroxylation sites is 1. The SMILES string of the molecule is C#CCOc1ccccc1/C=C(\C#N)C(=O)Nc1sc2c(c1C(=O)OCC)CCCC2. The number of ether oxygens (including phenoxy) is 2. The summed E-state index contributed by atoms with van der Waals surface area (Å²) in [5, 5.41) is 12.8. The van der Waals surface area contributed by atoms with E-state index in [-0.39, 0.29) is 18.8 Å². The molecule has 1 aliphatic rings. The first-order valence-corrected chi connectivity index (χ1v) is 10.8. The van der Waals surface area contributed by atoms with Gasteiger partial charge in [0.25, 0.3) is 5.91 Å². The Hall–Kier alpha value is -3.55. The molecular formula is C24H22N2O4S. The minimum atomic E-state index is -0.599. The molecule has 0 bridgehead atoms. The molecule has 7 heteroatoms. The van der Waals surface area contributed by atoms with Gasteiger partial charge in [-0.05, 0) is 50.3 Å². The largest absolute Gasteiger partial charge is 0.480 e. The third-order valence-corrected chi connectivity index (χ3v) is 5.98. The van der Waals surface area contributed by atoms with Gasteiger partial charge in [0.2, 0.25) is 0 Å². The van der Waals surface area contributed by atoms with Gasteiger partial charge in [-0.15, -0.1) is 17.8 Å². The van der Waals surface area contributed by atoms with Crippen LogP contribution in [0.15, 0.2) is 29.8 Å². The molecular weight excluding hydrogens is 412 g/mol. The summed E-state index contributed by atoms with van der Waals surface area (Å²) in [6.07, 6.45) is 10.4. The second-order valence-electron chi connectivity index (χ2n) is 6.79. The van der Waals surface area contributed by atoms with Gasteiger partial charge in [0.05, 0.1) is 12.2 Å². The Labute approximate surface area is 185 Å². The van der Waals surface area contributed by atoms with Crippen molar-refractivity contribution in [3.63, 3.8) is 0 Å². The number of hydrogen-bond donors (Lipinski definition) is 1. The van der Waals surface area contributed by atoms with Crippen LogP contribution in [-0.4, -0.2) is 25.1 Å². The van der Waals surface area contributed by atoms with Gasteiger partial charge in [0, 0.05) is 10.4 Å². The lowest BCUT2D eigenvalue weighted by atomic mass is 9.95. The number of fused-ring (bicyclic) bond motifs is 1. The third kappa shape index (κ3) is 5.14. The van der Waals surface area contributed by atoms with E-state index in [1.165, 1.54) is 17.4 Å². The Morgan fingerprint density at radius 2 is 2.06 bits per heavy atom. The average molecular weight is 435 g/mol. The molecule has 1 heterocycles. The van der Waals surface area contributed by atoms with E-state index < -0.39 is 11.9 Å². The zero-order valence-corrected chi connectivity index (χ0v) is 18.0. The number of hydrogen-bond acceptors (Lipinski definition) is 6. The first kappa shape index (κ1) is 22.1. The molecule has 1 aromatic heterocycles. The molecule has 158 valence electrons. The van der Waals surface area contributed by atoms with Crippen molar-refractivity contribution in [2.45, 2.75) is 32.6 Å². The molecule has 3 rings (SSSR count). The topological polar surface area (TPSA) is 88.4 Å². The highest BCUT2D eigenvalue weighted by Gasteiger charge is 2.27. The number of nitrogens with one attached hydrogen (secondary N) is 1. The number of aryl methyl sites for hydroxylation is 1. The zero-order valence-electron chi connectivity index (χ0n) is 17.2. The molecule has 2 aromatic rings. The van der Waals surface area contributed by atoms with Crippen LogP contribution in [-0.2, 0) is 22.4 Å². The number of carbonyl (C=O) groups is 2. The molecule has 0 atom stereocenters. The van der Waals surface area contributed by atoms with Crippen LogP contribution >= 0.6 is 11.3 Å². The van der Waals surface area contributed by atoms with Gasteiger partial charge >= 0.3 is 5.97 Å². The second-order valence-corrected chi connectivity index (χ2v) is 7.90. The smallest absolute Gasteiger partial charge is 0.341 e. The maximum Gasteiger partial charge on any atom is 0.341 e. The molecule has 0 saturated heterocycles. The first-order valence-electron chi connectivity index (χ1n) is 9.99. The van der Waals surface area contributed by atoms with Gasteiger partial charge in [-0.1, -0.05) is 24.1 Å². The molecule has 1 amide bonds. The lowest BCUT2D eigenvalue weighted by Gasteiger charge is -2.12. The normalized spacial score (nSPS) is 12.8. The maximum atomic E-state index is 12.9. The van der Waals surface area contributed by atoms with Gasteiger partial charge < -0.3 is 14.8 Å². The number of thiophene rings is 1. The number of esters is 1.